The highest BCUT2D eigenvalue weighted by Crippen LogP contribution is 2.17. The zero-order valence-electron chi connectivity index (χ0n) is 51.2. The molecule has 0 fully saturated rings. The molecule has 0 amide bonds. The van der Waals surface area contributed by atoms with E-state index in [0.29, 0.717) is 19.3 Å². The van der Waals surface area contributed by atoms with Crippen molar-refractivity contribution < 1.29 is 28.6 Å². The average molecular weight is 1080 g/mol. The lowest BCUT2D eigenvalue weighted by Gasteiger charge is -2.18. The van der Waals surface area contributed by atoms with Crippen molar-refractivity contribution in [3.05, 3.63) is 72.9 Å². The van der Waals surface area contributed by atoms with Gasteiger partial charge >= 0.3 is 17.9 Å². The lowest BCUT2D eigenvalue weighted by Crippen LogP contribution is -2.30. The highest BCUT2D eigenvalue weighted by molar-refractivity contribution is 5.71. The fourth-order valence-electron chi connectivity index (χ4n) is 9.66. The van der Waals surface area contributed by atoms with Gasteiger partial charge in [0, 0.05) is 19.3 Å². The minimum Gasteiger partial charge on any atom is -0.462 e. The van der Waals surface area contributed by atoms with Crippen LogP contribution in [0.25, 0.3) is 0 Å². The third kappa shape index (κ3) is 63.6. The minimum absolute atomic E-state index is 0.0949. The van der Waals surface area contributed by atoms with E-state index in [1.54, 1.807) is 0 Å². The van der Waals surface area contributed by atoms with Gasteiger partial charge in [0.2, 0.25) is 0 Å². The van der Waals surface area contributed by atoms with Gasteiger partial charge in [-0.2, -0.15) is 0 Å². The Bertz CT molecular complexity index is 1420. The Hall–Kier alpha value is -3.15. The van der Waals surface area contributed by atoms with Gasteiger partial charge in [0.25, 0.3) is 0 Å². The second kappa shape index (κ2) is 65.4. The summed E-state index contributed by atoms with van der Waals surface area (Å²) in [6.45, 7) is 6.60. The second-order valence-corrected chi connectivity index (χ2v) is 22.4. The van der Waals surface area contributed by atoms with Crippen LogP contribution in [0.15, 0.2) is 72.9 Å². The number of rotatable bonds is 61. The molecule has 77 heavy (non-hydrogen) atoms. The summed E-state index contributed by atoms with van der Waals surface area (Å²) in [7, 11) is 0. The maximum atomic E-state index is 12.9. The van der Waals surface area contributed by atoms with Crippen LogP contribution in [0.2, 0.25) is 0 Å². The molecule has 0 rings (SSSR count). The van der Waals surface area contributed by atoms with Gasteiger partial charge in [0.1, 0.15) is 13.2 Å². The van der Waals surface area contributed by atoms with Crippen molar-refractivity contribution in [1.29, 1.82) is 0 Å². The van der Waals surface area contributed by atoms with Gasteiger partial charge in [-0.15, -0.1) is 0 Å². The highest BCUT2D eigenvalue weighted by Gasteiger charge is 2.19. The lowest BCUT2D eigenvalue weighted by atomic mass is 10.0. The maximum Gasteiger partial charge on any atom is 0.306 e. The van der Waals surface area contributed by atoms with E-state index in [9.17, 15) is 14.4 Å². The van der Waals surface area contributed by atoms with E-state index >= 15 is 0 Å². The molecule has 1 atom stereocenters. The second-order valence-electron chi connectivity index (χ2n) is 22.4. The fourth-order valence-corrected chi connectivity index (χ4v) is 9.66. The summed E-state index contributed by atoms with van der Waals surface area (Å²) < 4.78 is 16.9. The molecule has 0 radical (unpaired) electrons. The van der Waals surface area contributed by atoms with Crippen LogP contribution in [0, 0.1) is 0 Å². The topological polar surface area (TPSA) is 78.9 Å². The first-order valence-electron chi connectivity index (χ1n) is 33.4. The van der Waals surface area contributed by atoms with Gasteiger partial charge < -0.3 is 14.2 Å². The number of carbonyl (C=O) groups excluding carboxylic acids is 3. The molecule has 0 aliphatic rings. The number of ether oxygens (including phenoxy) is 3. The third-order valence-corrected chi connectivity index (χ3v) is 14.7. The zero-order valence-corrected chi connectivity index (χ0v) is 51.2. The Labute approximate surface area is 478 Å². The van der Waals surface area contributed by atoms with Crippen LogP contribution in [0.4, 0.5) is 0 Å². The number of allylic oxidation sites excluding steroid dienone is 12. The molecule has 0 saturated carbocycles. The maximum absolute atomic E-state index is 12.9. The molecule has 0 bridgehead atoms. The number of hydrogen-bond acceptors (Lipinski definition) is 6. The Kier molecular flexibility index (Phi) is 62.7. The van der Waals surface area contributed by atoms with Crippen molar-refractivity contribution in [1.82, 2.24) is 0 Å². The van der Waals surface area contributed by atoms with E-state index in [4.69, 9.17) is 14.2 Å². The van der Waals surface area contributed by atoms with Crippen molar-refractivity contribution >= 4 is 17.9 Å². The van der Waals surface area contributed by atoms with Gasteiger partial charge in [-0.25, -0.2) is 0 Å². The van der Waals surface area contributed by atoms with Crippen LogP contribution in [0.1, 0.15) is 342 Å². The first kappa shape index (κ1) is 73.8. The SMILES string of the molecule is CCCCC/C=C\C/C=C\C/C=C\C/C=C\C/C=C\CCC(=O)OC[C@H](COC(=O)CCCCCCCCCCCCCCCCCCCCC)OC(=O)CCCCCCCCCCCCC/C=C\CCCCCCCC. The Morgan fingerprint density at radius 1 is 0.260 bits per heavy atom. The molecule has 0 aromatic carbocycles. The predicted octanol–water partition coefficient (Wildman–Crippen LogP) is 22.9. The quantitative estimate of drug-likeness (QED) is 0.0261. The van der Waals surface area contributed by atoms with Crippen LogP contribution in [0.5, 0.6) is 0 Å². The van der Waals surface area contributed by atoms with Crippen LogP contribution in [-0.4, -0.2) is 37.2 Å². The van der Waals surface area contributed by atoms with Crippen LogP contribution in [-0.2, 0) is 28.6 Å². The molecular formula is C71H126O6. The molecule has 0 saturated heterocycles. The fraction of sp³-hybridized carbons (Fsp3) is 0.789. The highest BCUT2D eigenvalue weighted by atomic mass is 16.6. The number of unbranched alkanes of at least 4 members (excludes halogenated alkanes) is 38. The largest absolute Gasteiger partial charge is 0.462 e. The van der Waals surface area contributed by atoms with E-state index in [1.165, 1.54) is 231 Å². The van der Waals surface area contributed by atoms with Gasteiger partial charge in [-0.1, -0.05) is 312 Å². The Morgan fingerprint density at radius 3 is 0.844 bits per heavy atom. The molecule has 0 aliphatic heterocycles. The molecular weight excluding hydrogens is 949 g/mol. The summed E-state index contributed by atoms with van der Waals surface area (Å²) in [5.74, 6) is -0.963. The van der Waals surface area contributed by atoms with Crippen molar-refractivity contribution in [2.45, 2.75) is 348 Å². The van der Waals surface area contributed by atoms with Gasteiger partial charge in [0.15, 0.2) is 6.10 Å². The van der Waals surface area contributed by atoms with Gasteiger partial charge in [-0.05, 0) is 83.5 Å². The standard InChI is InChI=1S/C71H126O6/c1-4-7-10-13-16-19-22-25-28-31-34-35-38-41-44-47-50-53-56-59-62-65-71(74)77-68(66-75-69(72)63-60-57-54-51-48-45-42-39-36-32-29-26-23-20-17-14-11-8-5-2)67-76-70(73)64-61-58-55-52-49-46-43-40-37-33-30-27-24-21-18-15-12-9-6-3/h17,20,25-26,28-29,36,39,45,48,54,57,68H,4-16,18-19,21-24,27,30-35,37-38,40-44,46-47,49-53,55-56,58-67H2,1-3H3/b20-17-,28-25-,29-26-,39-36-,48-45-,57-54-/t68-/m1/s1. The molecule has 0 aromatic heterocycles. The Balaban J connectivity index is 4.43. The van der Waals surface area contributed by atoms with Gasteiger partial charge in [0.05, 0.1) is 0 Å². The van der Waals surface area contributed by atoms with E-state index in [1.807, 2.05) is 6.08 Å². The van der Waals surface area contributed by atoms with E-state index < -0.39 is 6.10 Å². The van der Waals surface area contributed by atoms with Crippen molar-refractivity contribution in [2.75, 3.05) is 13.2 Å². The average Bonchev–Trinajstić information content (AvgIpc) is 3.43. The first-order valence-corrected chi connectivity index (χ1v) is 33.4. The monoisotopic (exact) mass is 1070 g/mol. The van der Waals surface area contributed by atoms with Crippen molar-refractivity contribution in [3.8, 4) is 0 Å². The van der Waals surface area contributed by atoms with Crippen LogP contribution < -0.4 is 0 Å². The zero-order chi connectivity index (χ0) is 55.7. The summed E-state index contributed by atoms with van der Waals surface area (Å²) in [4.78, 5) is 38.4. The molecule has 6 nitrogen and oxygen atoms in total. The molecule has 0 heterocycles. The number of esters is 3. The molecule has 446 valence electrons. The van der Waals surface area contributed by atoms with Crippen LogP contribution >= 0.6 is 0 Å². The van der Waals surface area contributed by atoms with Crippen molar-refractivity contribution in [3.63, 3.8) is 0 Å². The van der Waals surface area contributed by atoms with Gasteiger partial charge in [-0.3, -0.25) is 14.4 Å². The molecule has 6 heteroatoms. The molecule has 0 unspecified atom stereocenters. The summed E-state index contributed by atoms with van der Waals surface area (Å²) in [5, 5.41) is 0. The number of carbonyl (C=O) groups is 3. The summed E-state index contributed by atoms with van der Waals surface area (Å²) in [5.41, 5.74) is 0. The molecule has 0 aromatic rings. The normalized spacial score (nSPS) is 12.5. The lowest BCUT2D eigenvalue weighted by molar-refractivity contribution is -0.166. The first-order chi connectivity index (χ1) is 38.0. The van der Waals surface area contributed by atoms with E-state index in [0.717, 1.165) is 64.2 Å². The summed E-state index contributed by atoms with van der Waals surface area (Å²) in [6, 6.07) is 0. The predicted molar refractivity (Wildman–Crippen MR) is 335 cm³/mol. The van der Waals surface area contributed by atoms with Crippen molar-refractivity contribution in [2.24, 2.45) is 0 Å². The summed E-state index contributed by atoms with van der Waals surface area (Å²) >= 11 is 0. The molecule has 0 N–H and O–H groups in total. The van der Waals surface area contributed by atoms with E-state index in [-0.39, 0.29) is 37.5 Å². The minimum atomic E-state index is -0.806. The molecule has 0 spiro atoms. The van der Waals surface area contributed by atoms with E-state index in [2.05, 4.69) is 87.6 Å². The van der Waals surface area contributed by atoms with Crippen LogP contribution in [0.3, 0.4) is 0 Å². The number of hydrogen-bond donors (Lipinski definition) is 0. The Morgan fingerprint density at radius 2 is 0.494 bits per heavy atom. The molecule has 0 aliphatic carbocycles. The smallest absolute Gasteiger partial charge is 0.306 e. The third-order valence-electron chi connectivity index (χ3n) is 14.7. The summed E-state index contributed by atoms with van der Waals surface area (Å²) in [6.07, 6.45) is 84.9.